The van der Waals surface area contributed by atoms with E-state index in [0.29, 0.717) is 65.4 Å². The van der Waals surface area contributed by atoms with Gasteiger partial charge in [-0.15, -0.1) is 0 Å². The van der Waals surface area contributed by atoms with Gasteiger partial charge in [0.1, 0.15) is 12.6 Å². The van der Waals surface area contributed by atoms with Crippen molar-refractivity contribution < 1.29 is 38.1 Å². The number of hydrogen-bond donors (Lipinski definition) is 3. The Hall–Kier alpha value is -1.79. The summed E-state index contributed by atoms with van der Waals surface area (Å²) in [6.07, 6.45) is 1.81. The van der Waals surface area contributed by atoms with Gasteiger partial charge in [-0.25, -0.2) is 0 Å². The third-order valence-electron chi connectivity index (χ3n) is 3.69. The van der Waals surface area contributed by atoms with Gasteiger partial charge in [-0.3, -0.25) is 19.7 Å². The number of amides is 1. The second-order valence-corrected chi connectivity index (χ2v) is 5.94. The fourth-order valence-electron chi connectivity index (χ4n) is 2.16. The van der Waals surface area contributed by atoms with Crippen LogP contribution >= 0.6 is 0 Å². The van der Waals surface area contributed by atoms with Crippen molar-refractivity contribution in [3.63, 3.8) is 0 Å². The lowest BCUT2D eigenvalue weighted by atomic mass is 10.1. The number of esters is 2. The Labute approximate surface area is 171 Å². The molecule has 0 aromatic rings. The third-order valence-corrected chi connectivity index (χ3v) is 3.69. The van der Waals surface area contributed by atoms with E-state index in [4.69, 9.17) is 24.7 Å². The van der Waals surface area contributed by atoms with Gasteiger partial charge in [-0.2, -0.15) is 0 Å². The van der Waals surface area contributed by atoms with E-state index in [1.54, 1.807) is 0 Å². The Kier molecular flexibility index (Phi) is 18.3. The highest BCUT2D eigenvalue weighted by Crippen LogP contribution is 2.02. The standard InChI is InChI=1S/C18H35N3O8/c1-25-17(23)13-21-15(18(24)26-2)5-3-4-7-20-16(22)14-29-12-11-28-10-9-27-8-6-19/h15,21H,3-14,19H2,1-2H3,(H,20,22). The van der Waals surface area contributed by atoms with Crippen LogP contribution in [0.2, 0.25) is 0 Å². The highest BCUT2D eigenvalue weighted by Gasteiger charge is 2.19. The Balaban J connectivity index is 3.67. The van der Waals surface area contributed by atoms with E-state index >= 15 is 0 Å². The van der Waals surface area contributed by atoms with Gasteiger partial charge in [0, 0.05) is 13.1 Å². The fourth-order valence-corrected chi connectivity index (χ4v) is 2.16. The molecule has 0 fully saturated rings. The maximum absolute atomic E-state index is 11.7. The van der Waals surface area contributed by atoms with E-state index in [2.05, 4.69) is 15.4 Å². The average Bonchev–Trinajstić information content (AvgIpc) is 2.73. The second kappa shape index (κ2) is 19.5. The van der Waals surface area contributed by atoms with Crippen LogP contribution in [0.5, 0.6) is 0 Å². The smallest absolute Gasteiger partial charge is 0.322 e. The monoisotopic (exact) mass is 421 g/mol. The number of carbonyl (C=O) groups excluding carboxylic acids is 3. The van der Waals surface area contributed by atoms with E-state index in [9.17, 15) is 14.4 Å². The van der Waals surface area contributed by atoms with Crippen LogP contribution < -0.4 is 16.4 Å². The Morgan fingerprint density at radius 3 is 2.17 bits per heavy atom. The maximum Gasteiger partial charge on any atom is 0.322 e. The first kappa shape index (κ1) is 27.2. The summed E-state index contributed by atoms with van der Waals surface area (Å²) in [5.74, 6) is -1.12. The van der Waals surface area contributed by atoms with Crippen LogP contribution in [-0.2, 0) is 38.1 Å². The number of carbonyl (C=O) groups is 3. The van der Waals surface area contributed by atoms with Crippen LogP contribution in [0, 0.1) is 0 Å². The lowest BCUT2D eigenvalue weighted by molar-refractivity contribution is -0.144. The molecule has 11 nitrogen and oxygen atoms in total. The molecule has 0 heterocycles. The van der Waals surface area contributed by atoms with Crippen molar-refractivity contribution in [3.05, 3.63) is 0 Å². The molecule has 1 amide bonds. The topological polar surface area (TPSA) is 147 Å². The summed E-state index contributed by atoms with van der Waals surface area (Å²) in [4.78, 5) is 34.5. The third kappa shape index (κ3) is 16.8. The van der Waals surface area contributed by atoms with Gasteiger partial charge in [0.15, 0.2) is 0 Å². The van der Waals surface area contributed by atoms with Crippen molar-refractivity contribution >= 4 is 17.8 Å². The molecule has 1 atom stereocenters. The van der Waals surface area contributed by atoms with Gasteiger partial charge >= 0.3 is 11.9 Å². The van der Waals surface area contributed by atoms with Crippen LogP contribution in [0.3, 0.4) is 0 Å². The molecule has 0 aliphatic rings. The molecular formula is C18H35N3O8. The Morgan fingerprint density at radius 1 is 0.897 bits per heavy atom. The van der Waals surface area contributed by atoms with Crippen LogP contribution in [0.15, 0.2) is 0 Å². The summed E-state index contributed by atoms with van der Waals surface area (Å²) in [5.41, 5.74) is 5.29. The number of nitrogens with one attached hydrogen (secondary N) is 2. The van der Waals surface area contributed by atoms with Crippen LogP contribution in [0.4, 0.5) is 0 Å². The molecule has 29 heavy (non-hydrogen) atoms. The van der Waals surface area contributed by atoms with Gasteiger partial charge in [0.25, 0.3) is 0 Å². The molecule has 0 saturated carbocycles. The van der Waals surface area contributed by atoms with Crippen molar-refractivity contribution in [1.29, 1.82) is 0 Å². The quantitative estimate of drug-likeness (QED) is 0.168. The highest BCUT2D eigenvalue weighted by molar-refractivity contribution is 5.78. The second-order valence-electron chi connectivity index (χ2n) is 5.94. The van der Waals surface area contributed by atoms with Gasteiger partial charge < -0.3 is 34.7 Å². The van der Waals surface area contributed by atoms with E-state index < -0.39 is 18.0 Å². The maximum atomic E-state index is 11.7. The zero-order valence-corrected chi connectivity index (χ0v) is 17.4. The van der Waals surface area contributed by atoms with E-state index in [-0.39, 0.29) is 19.1 Å². The largest absolute Gasteiger partial charge is 0.468 e. The predicted molar refractivity (Wildman–Crippen MR) is 104 cm³/mol. The van der Waals surface area contributed by atoms with Gasteiger partial charge in [0.2, 0.25) is 5.91 Å². The first-order valence-corrected chi connectivity index (χ1v) is 9.63. The molecule has 0 aliphatic heterocycles. The first-order valence-electron chi connectivity index (χ1n) is 9.63. The number of ether oxygens (including phenoxy) is 5. The van der Waals surface area contributed by atoms with Gasteiger partial charge in [-0.1, -0.05) is 0 Å². The minimum Gasteiger partial charge on any atom is -0.468 e. The summed E-state index contributed by atoms with van der Waals surface area (Å²) >= 11 is 0. The number of rotatable bonds is 19. The molecule has 1 unspecified atom stereocenters. The fraction of sp³-hybridized carbons (Fsp3) is 0.833. The van der Waals surface area contributed by atoms with Crippen LogP contribution in [0.1, 0.15) is 19.3 Å². The lowest BCUT2D eigenvalue weighted by Crippen LogP contribution is -2.40. The summed E-state index contributed by atoms with van der Waals surface area (Å²) in [7, 11) is 2.56. The van der Waals surface area contributed by atoms with Crippen LogP contribution in [-0.4, -0.2) is 97.4 Å². The normalized spacial score (nSPS) is 11.7. The molecule has 0 rings (SSSR count). The highest BCUT2D eigenvalue weighted by atomic mass is 16.5. The Morgan fingerprint density at radius 2 is 1.55 bits per heavy atom. The molecule has 0 aromatic carbocycles. The number of hydrogen-bond acceptors (Lipinski definition) is 10. The summed E-state index contributed by atoms with van der Waals surface area (Å²) in [5, 5.41) is 5.53. The average molecular weight is 421 g/mol. The van der Waals surface area contributed by atoms with Gasteiger partial charge in [-0.05, 0) is 19.3 Å². The van der Waals surface area contributed by atoms with Crippen molar-refractivity contribution in [2.24, 2.45) is 5.73 Å². The van der Waals surface area contributed by atoms with Crippen molar-refractivity contribution in [1.82, 2.24) is 10.6 Å². The predicted octanol–water partition coefficient (Wildman–Crippen LogP) is -1.41. The number of methoxy groups -OCH3 is 2. The molecule has 0 aliphatic carbocycles. The molecule has 0 radical (unpaired) electrons. The number of nitrogens with two attached hydrogens (primary N) is 1. The molecule has 0 spiro atoms. The first-order chi connectivity index (χ1) is 14.0. The zero-order chi connectivity index (χ0) is 21.7. The molecule has 4 N–H and O–H groups in total. The SMILES string of the molecule is COC(=O)CNC(CCCCNC(=O)COCCOCCOCCN)C(=O)OC. The van der Waals surface area contributed by atoms with E-state index in [0.717, 1.165) is 0 Å². The van der Waals surface area contributed by atoms with Crippen molar-refractivity contribution in [2.75, 3.05) is 73.5 Å². The summed E-state index contributed by atoms with van der Waals surface area (Å²) in [6, 6.07) is -0.598. The molecule has 0 bridgehead atoms. The van der Waals surface area contributed by atoms with Gasteiger partial charge in [0.05, 0.1) is 53.8 Å². The molecule has 11 heteroatoms. The molecular weight excluding hydrogens is 386 g/mol. The molecule has 0 aromatic heterocycles. The van der Waals surface area contributed by atoms with E-state index in [1.165, 1.54) is 14.2 Å². The lowest BCUT2D eigenvalue weighted by Gasteiger charge is -2.15. The summed E-state index contributed by atoms with van der Waals surface area (Å²) in [6.45, 7) is 2.96. The molecule has 170 valence electrons. The molecule has 0 saturated heterocycles. The minimum absolute atomic E-state index is 0.0432. The van der Waals surface area contributed by atoms with E-state index in [1.807, 2.05) is 0 Å². The Bertz CT molecular complexity index is 451. The zero-order valence-electron chi connectivity index (χ0n) is 17.4. The number of unbranched alkanes of at least 4 members (excludes halogenated alkanes) is 1. The minimum atomic E-state index is -0.598. The van der Waals surface area contributed by atoms with Crippen LogP contribution in [0.25, 0.3) is 0 Å². The van der Waals surface area contributed by atoms with Crippen molar-refractivity contribution in [2.45, 2.75) is 25.3 Å². The summed E-state index contributed by atoms with van der Waals surface area (Å²) < 4.78 is 24.9. The van der Waals surface area contributed by atoms with Crippen molar-refractivity contribution in [3.8, 4) is 0 Å².